The van der Waals surface area contributed by atoms with Gasteiger partial charge in [-0.1, -0.05) is 13.8 Å². The molecule has 0 rings (SSSR count). The molecule has 0 radical (unpaired) electrons. The van der Waals surface area contributed by atoms with E-state index in [2.05, 4.69) is 5.32 Å². The first kappa shape index (κ1) is 12.9. The van der Waals surface area contributed by atoms with Crippen LogP contribution in [0.1, 0.15) is 20.3 Å². The van der Waals surface area contributed by atoms with Gasteiger partial charge in [-0.05, 0) is 19.5 Å². The van der Waals surface area contributed by atoms with Crippen LogP contribution in [0.5, 0.6) is 0 Å². The molecule has 5 heteroatoms. The highest BCUT2D eigenvalue weighted by atomic mass is 32.2. The molecule has 4 nitrogen and oxygen atoms in total. The number of nitrogens with zero attached hydrogens (tertiary/aromatic N) is 1. The third-order valence-corrected chi connectivity index (χ3v) is 3.21. The van der Waals surface area contributed by atoms with Crippen LogP contribution in [0.4, 0.5) is 0 Å². The molecule has 0 bridgehead atoms. The number of hydrogen-bond donors (Lipinski definition) is 1. The van der Waals surface area contributed by atoms with Crippen LogP contribution in [0, 0.1) is 0 Å². The van der Waals surface area contributed by atoms with Crippen molar-refractivity contribution in [2.45, 2.75) is 20.3 Å². The first-order valence-electron chi connectivity index (χ1n) is 4.68. The molecule has 0 fully saturated rings. The number of sulfonamides is 1. The van der Waals surface area contributed by atoms with Crippen LogP contribution in [0.15, 0.2) is 0 Å². The molecule has 0 aromatic rings. The second-order valence-corrected chi connectivity index (χ2v) is 4.94. The summed E-state index contributed by atoms with van der Waals surface area (Å²) < 4.78 is 23.8. The predicted molar refractivity (Wildman–Crippen MR) is 55.3 cm³/mol. The molecule has 0 heterocycles. The average Bonchev–Trinajstić information content (AvgIpc) is 2.02. The van der Waals surface area contributed by atoms with Crippen molar-refractivity contribution in [1.29, 1.82) is 0 Å². The SMILES string of the molecule is CCNCCCN(CC)S(C)(=O)=O. The summed E-state index contributed by atoms with van der Waals surface area (Å²) in [7, 11) is -3.00. The third-order valence-electron chi connectivity index (χ3n) is 1.83. The van der Waals surface area contributed by atoms with E-state index in [1.165, 1.54) is 10.6 Å². The van der Waals surface area contributed by atoms with Gasteiger partial charge in [-0.3, -0.25) is 0 Å². The molecule has 0 atom stereocenters. The Balaban J connectivity index is 3.74. The van der Waals surface area contributed by atoms with Crippen molar-refractivity contribution < 1.29 is 8.42 Å². The molecule has 0 spiro atoms. The van der Waals surface area contributed by atoms with Crippen molar-refractivity contribution in [3.05, 3.63) is 0 Å². The van der Waals surface area contributed by atoms with Gasteiger partial charge in [0.1, 0.15) is 0 Å². The molecule has 0 aliphatic rings. The third kappa shape index (κ3) is 6.01. The van der Waals surface area contributed by atoms with Crippen molar-refractivity contribution in [3.8, 4) is 0 Å². The van der Waals surface area contributed by atoms with Gasteiger partial charge in [0, 0.05) is 13.1 Å². The minimum absolute atomic E-state index is 0.560. The molecule has 0 amide bonds. The molecule has 0 saturated heterocycles. The maximum atomic E-state index is 11.1. The average molecular weight is 208 g/mol. The largest absolute Gasteiger partial charge is 0.317 e. The van der Waals surface area contributed by atoms with E-state index >= 15 is 0 Å². The first-order chi connectivity index (χ1) is 6.02. The topological polar surface area (TPSA) is 49.4 Å². The second kappa shape index (κ2) is 6.34. The van der Waals surface area contributed by atoms with E-state index in [-0.39, 0.29) is 0 Å². The van der Waals surface area contributed by atoms with E-state index in [0.29, 0.717) is 13.1 Å². The predicted octanol–water partition coefficient (Wildman–Crippen LogP) is 0.267. The summed E-state index contributed by atoms with van der Waals surface area (Å²) in [4.78, 5) is 0. The van der Waals surface area contributed by atoms with Crippen LogP contribution in [0.2, 0.25) is 0 Å². The van der Waals surface area contributed by atoms with Crippen molar-refractivity contribution in [3.63, 3.8) is 0 Å². The van der Waals surface area contributed by atoms with Gasteiger partial charge in [0.25, 0.3) is 0 Å². The summed E-state index contributed by atoms with van der Waals surface area (Å²) in [6, 6.07) is 0. The summed E-state index contributed by atoms with van der Waals surface area (Å²) in [5, 5.41) is 3.16. The zero-order valence-corrected chi connectivity index (χ0v) is 9.52. The molecule has 0 aliphatic carbocycles. The zero-order valence-electron chi connectivity index (χ0n) is 8.71. The Hall–Kier alpha value is -0.130. The fourth-order valence-corrected chi connectivity index (χ4v) is 2.05. The van der Waals surface area contributed by atoms with Gasteiger partial charge in [0.2, 0.25) is 10.0 Å². The van der Waals surface area contributed by atoms with Crippen LogP contribution < -0.4 is 5.32 Å². The highest BCUT2D eigenvalue weighted by Gasteiger charge is 2.12. The lowest BCUT2D eigenvalue weighted by atomic mass is 10.4. The number of rotatable bonds is 7. The Kier molecular flexibility index (Phi) is 6.28. The summed E-state index contributed by atoms with van der Waals surface area (Å²) >= 11 is 0. The van der Waals surface area contributed by atoms with Crippen molar-refractivity contribution in [2.75, 3.05) is 32.4 Å². The Morgan fingerprint density at radius 1 is 1.31 bits per heavy atom. The molecule has 0 aromatic heterocycles. The molecular formula is C8H20N2O2S. The van der Waals surface area contributed by atoms with E-state index in [4.69, 9.17) is 0 Å². The van der Waals surface area contributed by atoms with Gasteiger partial charge in [0.05, 0.1) is 6.26 Å². The lowest BCUT2D eigenvalue weighted by Gasteiger charge is -2.17. The fraction of sp³-hybridized carbons (Fsp3) is 1.00. The molecule has 0 aromatic carbocycles. The highest BCUT2D eigenvalue weighted by molar-refractivity contribution is 7.88. The zero-order chi connectivity index (χ0) is 10.3. The summed E-state index contributed by atoms with van der Waals surface area (Å²) in [6.07, 6.45) is 2.12. The van der Waals surface area contributed by atoms with Crippen LogP contribution in [0.3, 0.4) is 0 Å². The maximum absolute atomic E-state index is 11.1. The van der Waals surface area contributed by atoms with Gasteiger partial charge >= 0.3 is 0 Å². The maximum Gasteiger partial charge on any atom is 0.211 e. The molecule has 0 aliphatic heterocycles. The lowest BCUT2D eigenvalue weighted by molar-refractivity contribution is 0.420. The monoisotopic (exact) mass is 208 g/mol. The van der Waals surface area contributed by atoms with Gasteiger partial charge in [-0.25, -0.2) is 12.7 Å². The first-order valence-corrected chi connectivity index (χ1v) is 6.53. The minimum Gasteiger partial charge on any atom is -0.317 e. The van der Waals surface area contributed by atoms with E-state index in [9.17, 15) is 8.42 Å². The standard InChI is InChI=1S/C8H20N2O2S/c1-4-9-7-6-8-10(5-2)13(3,11)12/h9H,4-8H2,1-3H3. The van der Waals surface area contributed by atoms with Crippen LogP contribution in [0.25, 0.3) is 0 Å². The lowest BCUT2D eigenvalue weighted by Crippen LogP contribution is -2.32. The number of nitrogens with one attached hydrogen (secondary N) is 1. The quantitative estimate of drug-likeness (QED) is 0.611. The second-order valence-electron chi connectivity index (χ2n) is 2.96. The summed E-state index contributed by atoms with van der Waals surface area (Å²) in [5.41, 5.74) is 0. The van der Waals surface area contributed by atoms with Crippen LogP contribution in [-0.2, 0) is 10.0 Å². The Morgan fingerprint density at radius 2 is 1.92 bits per heavy atom. The van der Waals surface area contributed by atoms with Crippen LogP contribution >= 0.6 is 0 Å². The van der Waals surface area contributed by atoms with Crippen molar-refractivity contribution >= 4 is 10.0 Å². The molecule has 1 N–H and O–H groups in total. The van der Waals surface area contributed by atoms with Gasteiger partial charge < -0.3 is 5.32 Å². The smallest absolute Gasteiger partial charge is 0.211 e. The number of hydrogen-bond acceptors (Lipinski definition) is 3. The Morgan fingerprint density at radius 3 is 2.31 bits per heavy atom. The molecule has 0 saturated carbocycles. The highest BCUT2D eigenvalue weighted by Crippen LogP contribution is 1.97. The van der Waals surface area contributed by atoms with Gasteiger partial charge in [-0.2, -0.15) is 0 Å². The van der Waals surface area contributed by atoms with E-state index in [1.807, 2.05) is 13.8 Å². The van der Waals surface area contributed by atoms with Crippen molar-refractivity contribution in [1.82, 2.24) is 9.62 Å². The fourth-order valence-electron chi connectivity index (χ4n) is 1.12. The van der Waals surface area contributed by atoms with E-state index < -0.39 is 10.0 Å². The summed E-state index contributed by atoms with van der Waals surface area (Å²) in [6.45, 7) is 6.88. The molecule has 13 heavy (non-hydrogen) atoms. The Labute approximate surface area is 81.4 Å². The molecule has 80 valence electrons. The Bertz CT molecular complexity index is 214. The van der Waals surface area contributed by atoms with Gasteiger partial charge in [0.15, 0.2) is 0 Å². The normalized spacial score (nSPS) is 12.3. The van der Waals surface area contributed by atoms with Crippen molar-refractivity contribution in [2.24, 2.45) is 0 Å². The van der Waals surface area contributed by atoms with Gasteiger partial charge in [-0.15, -0.1) is 0 Å². The van der Waals surface area contributed by atoms with E-state index in [1.54, 1.807) is 0 Å². The van der Waals surface area contributed by atoms with Crippen LogP contribution in [-0.4, -0.2) is 45.2 Å². The molecular weight excluding hydrogens is 188 g/mol. The van der Waals surface area contributed by atoms with E-state index in [0.717, 1.165) is 19.5 Å². The summed E-state index contributed by atoms with van der Waals surface area (Å²) in [5.74, 6) is 0. The minimum atomic E-state index is -3.00. The molecule has 0 unspecified atom stereocenters.